The minimum atomic E-state index is -3.74. The lowest BCUT2D eigenvalue weighted by Gasteiger charge is -2.15. The van der Waals surface area contributed by atoms with Gasteiger partial charge in [0.05, 0.1) is 10.6 Å². The molecule has 0 saturated carbocycles. The van der Waals surface area contributed by atoms with Crippen molar-refractivity contribution in [2.45, 2.75) is 17.9 Å². The Balaban J connectivity index is 1.57. The molecule has 1 amide bonds. The molecule has 0 saturated heterocycles. The fourth-order valence-corrected chi connectivity index (χ4v) is 4.32. The highest BCUT2D eigenvalue weighted by Crippen LogP contribution is 2.21. The Bertz CT molecular complexity index is 1160. The predicted molar refractivity (Wildman–Crippen MR) is 120 cm³/mol. The minimum Gasteiger partial charge on any atom is -0.484 e. The van der Waals surface area contributed by atoms with Crippen molar-refractivity contribution in [2.75, 3.05) is 11.9 Å². The van der Waals surface area contributed by atoms with Crippen molar-refractivity contribution in [1.29, 1.82) is 0 Å². The maximum Gasteiger partial charge on any atom is 0.262 e. The molecule has 9 heteroatoms. The van der Waals surface area contributed by atoms with Gasteiger partial charge in [0.15, 0.2) is 6.61 Å². The number of halogens is 2. The van der Waals surface area contributed by atoms with Crippen LogP contribution in [0.2, 0.25) is 0 Å². The fourth-order valence-electron chi connectivity index (χ4n) is 2.75. The molecule has 0 unspecified atom stereocenters. The van der Waals surface area contributed by atoms with E-state index >= 15 is 0 Å². The summed E-state index contributed by atoms with van der Waals surface area (Å²) in [5.74, 6) is -0.813. The van der Waals surface area contributed by atoms with Crippen LogP contribution in [0.15, 0.2) is 82.2 Å². The lowest BCUT2D eigenvalue weighted by molar-refractivity contribution is -0.118. The van der Waals surface area contributed by atoms with E-state index in [4.69, 9.17) is 4.74 Å². The van der Waals surface area contributed by atoms with E-state index in [1.165, 1.54) is 36.4 Å². The maximum absolute atomic E-state index is 13.8. The number of benzene rings is 3. The second-order valence-corrected chi connectivity index (χ2v) is 9.32. The molecule has 0 bridgehead atoms. The monoisotopic (exact) mass is 506 g/mol. The highest BCUT2D eigenvalue weighted by atomic mass is 79.9. The molecular formula is C22H20BrFN2O4S. The van der Waals surface area contributed by atoms with Crippen LogP contribution in [0.3, 0.4) is 0 Å². The number of rotatable bonds is 8. The van der Waals surface area contributed by atoms with Crippen molar-refractivity contribution < 1.29 is 22.3 Å². The average Bonchev–Trinajstić information content (AvgIpc) is 2.75. The molecule has 3 rings (SSSR count). The smallest absolute Gasteiger partial charge is 0.262 e. The number of hydrogen-bond acceptors (Lipinski definition) is 4. The first-order valence-corrected chi connectivity index (χ1v) is 11.6. The average molecular weight is 507 g/mol. The van der Waals surface area contributed by atoms with Crippen molar-refractivity contribution in [3.63, 3.8) is 0 Å². The Morgan fingerprint density at radius 3 is 2.39 bits per heavy atom. The van der Waals surface area contributed by atoms with Crippen LogP contribution in [0.4, 0.5) is 10.1 Å². The van der Waals surface area contributed by atoms with Crippen LogP contribution >= 0.6 is 15.9 Å². The van der Waals surface area contributed by atoms with Gasteiger partial charge in [0.1, 0.15) is 11.6 Å². The first-order chi connectivity index (χ1) is 14.7. The third kappa shape index (κ3) is 6.36. The molecular weight excluding hydrogens is 487 g/mol. The number of carbonyl (C=O) groups is 1. The summed E-state index contributed by atoms with van der Waals surface area (Å²) in [5, 5.41) is 2.41. The molecule has 0 aliphatic heterocycles. The van der Waals surface area contributed by atoms with Gasteiger partial charge in [-0.1, -0.05) is 46.3 Å². The number of anilines is 1. The normalized spacial score (nSPS) is 12.2. The van der Waals surface area contributed by atoms with Gasteiger partial charge in [0.2, 0.25) is 10.0 Å². The lowest BCUT2D eigenvalue weighted by atomic mass is 10.1. The summed E-state index contributed by atoms with van der Waals surface area (Å²) in [6.45, 7) is 1.40. The Labute approximate surface area is 188 Å². The van der Waals surface area contributed by atoms with E-state index in [0.29, 0.717) is 10.2 Å². The third-order valence-corrected chi connectivity index (χ3v) is 6.39. The molecule has 3 aromatic rings. The Morgan fingerprint density at radius 1 is 1.06 bits per heavy atom. The predicted octanol–water partition coefficient (Wildman–Crippen LogP) is 4.65. The van der Waals surface area contributed by atoms with E-state index in [2.05, 4.69) is 26.0 Å². The quantitative estimate of drug-likeness (QED) is 0.465. The number of carbonyl (C=O) groups excluding carboxylic acids is 1. The molecule has 162 valence electrons. The molecule has 31 heavy (non-hydrogen) atoms. The van der Waals surface area contributed by atoms with Gasteiger partial charge in [-0.25, -0.2) is 17.5 Å². The largest absolute Gasteiger partial charge is 0.484 e. The van der Waals surface area contributed by atoms with Crippen molar-refractivity contribution in [3.05, 3.63) is 88.6 Å². The second-order valence-electron chi connectivity index (χ2n) is 6.69. The minimum absolute atomic E-state index is 0.0388. The van der Waals surface area contributed by atoms with Gasteiger partial charge in [0.25, 0.3) is 5.91 Å². The molecule has 0 aliphatic carbocycles. The van der Waals surface area contributed by atoms with Crippen LogP contribution < -0.4 is 14.8 Å². The highest BCUT2D eigenvalue weighted by molar-refractivity contribution is 9.10. The zero-order valence-electron chi connectivity index (χ0n) is 16.5. The fraction of sp³-hybridized carbons (Fsp3) is 0.136. The molecule has 0 spiro atoms. The van der Waals surface area contributed by atoms with Gasteiger partial charge in [-0.05, 0) is 55.0 Å². The van der Waals surface area contributed by atoms with Crippen molar-refractivity contribution in [1.82, 2.24) is 4.72 Å². The van der Waals surface area contributed by atoms with Crippen molar-refractivity contribution in [3.8, 4) is 5.75 Å². The molecule has 0 aromatic heterocycles. The molecule has 0 radical (unpaired) electrons. The van der Waals surface area contributed by atoms with E-state index in [1.807, 2.05) is 30.3 Å². The van der Waals surface area contributed by atoms with Gasteiger partial charge in [-0.2, -0.15) is 0 Å². The zero-order valence-corrected chi connectivity index (χ0v) is 18.9. The number of nitrogens with one attached hydrogen (secondary N) is 2. The first kappa shape index (κ1) is 22.9. The number of amides is 1. The first-order valence-electron chi connectivity index (χ1n) is 9.29. The summed E-state index contributed by atoms with van der Waals surface area (Å²) in [7, 11) is -3.74. The number of hydrogen-bond donors (Lipinski definition) is 2. The lowest BCUT2D eigenvalue weighted by Crippen LogP contribution is -2.26. The SMILES string of the molecule is C[C@@H](NS(=O)(=O)c1ccc(OCC(=O)Nc2ccc(Br)cc2F)cc1)c1ccccc1. The van der Waals surface area contributed by atoms with E-state index in [-0.39, 0.29) is 17.2 Å². The highest BCUT2D eigenvalue weighted by Gasteiger charge is 2.18. The van der Waals surface area contributed by atoms with E-state index in [1.54, 1.807) is 13.0 Å². The summed E-state index contributed by atoms with van der Waals surface area (Å²) in [4.78, 5) is 12.1. The molecule has 6 nitrogen and oxygen atoms in total. The van der Waals surface area contributed by atoms with Crippen molar-refractivity contribution >= 4 is 37.5 Å². The van der Waals surface area contributed by atoms with E-state index in [9.17, 15) is 17.6 Å². The molecule has 3 aromatic carbocycles. The van der Waals surface area contributed by atoms with Crippen molar-refractivity contribution in [2.24, 2.45) is 0 Å². The van der Waals surface area contributed by atoms with E-state index < -0.39 is 27.8 Å². The van der Waals surface area contributed by atoms with E-state index in [0.717, 1.165) is 5.56 Å². The van der Waals surface area contributed by atoms with Gasteiger partial charge in [0, 0.05) is 10.5 Å². The standard InChI is InChI=1S/C22H20BrFN2O4S/c1-15(16-5-3-2-4-6-16)26-31(28,29)19-10-8-18(9-11-19)30-14-22(27)25-21-12-7-17(23)13-20(21)24/h2-13,15,26H,14H2,1H3,(H,25,27)/t15-/m1/s1. The number of ether oxygens (including phenoxy) is 1. The molecule has 0 aliphatic rings. The Morgan fingerprint density at radius 2 is 1.74 bits per heavy atom. The maximum atomic E-state index is 13.8. The van der Waals surface area contributed by atoms with Gasteiger partial charge < -0.3 is 10.1 Å². The van der Waals surface area contributed by atoms with Gasteiger partial charge in [-0.3, -0.25) is 4.79 Å². The molecule has 2 N–H and O–H groups in total. The second kappa shape index (κ2) is 10.0. The zero-order chi connectivity index (χ0) is 22.4. The topological polar surface area (TPSA) is 84.5 Å². The van der Waals surface area contributed by atoms with Crippen LogP contribution in [0, 0.1) is 5.82 Å². The molecule has 1 atom stereocenters. The summed E-state index contributed by atoms with van der Waals surface area (Å²) in [6.07, 6.45) is 0. The van der Waals surface area contributed by atoms with Crippen LogP contribution in [0.1, 0.15) is 18.5 Å². The molecule has 0 heterocycles. The Hall–Kier alpha value is -2.75. The number of sulfonamides is 1. The van der Waals surface area contributed by atoms with Crippen LogP contribution in [0.25, 0.3) is 0 Å². The molecule has 0 fully saturated rings. The summed E-state index contributed by atoms with van der Waals surface area (Å²) >= 11 is 3.14. The van der Waals surface area contributed by atoms with Gasteiger partial charge >= 0.3 is 0 Å². The summed E-state index contributed by atoms with van der Waals surface area (Å²) < 4.78 is 47.5. The van der Waals surface area contributed by atoms with Crippen LogP contribution in [-0.4, -0.2) is 20.9 Å². The summed E-state index contributed by atoms with van der Waals surface area (Å²) in [5.41, 5.74) is 0.885. The van der Waals surface area contributed by atoms with Crippen LogP contribution in [-0.2, 0) is 14.8 Å². The van der Waals surface area contributed by atoms with Crippen LogP contribution in [0.5, 0.6) is 5.75 Å². The van der Waals surface area contributed by atoms with Gasteiger partial charge in [-0.15, -0.1) is 0 Å². The Kier molecular flexibility index (Phi) is 7.42. The third-order valence-electron chi connectivity index (χ3n) is 4.34. The summed E-state index contributed by atoms with van der Waals surface area (Å²) in [6, 6.07) is 18.8.